The number of hydrogen-bond acceptors (Lipinski definition) is 6. The molecule has 1 saturated heterocycles. The van der Waals surface area contributed by atoms with Crippen molar-refractivity contribution >= 4 is 32.7 Å². The van der Waals surface area contributed by atoms with Crippen LogP contribution in [0.4, 0.5) is 0 Å². The molecule has 0 spiro atoms. The number of halogens is 1. The molecule has 0 radical (unpaired) electrons. The maximum Gasteiger partial charge on any atom is 0.273 e. The van der Waals surface area contributed by atoms with Gasteiger partial charge in [-0.05, 0) is 62.2 Å². The van der Waals surface area contributed by atoms with Crippen molar-refractivity contribution in [1.29, 1.82) is 0 Å². The normalized spacial score (nSPS) is 16.1. The molecule has 0 unspecified atom stereocenters. The average Bonchev–Trinajstić information content (AvgIpc) is 3.52. The van der Waals surface area contributed by atoms with Gasteiger partial charge in [0.2, 0.25) is 0 Å². The Morgan fingerprint density at radius 1 is 1.26 bits per heavy atom. The molecule has 1 N–H and O–H groups in total. The van der Waals surface area contributed by atoms with E-state index in [4.69, 9.17) is 9.26 Å². The second-order valence-corrected chi connectivity index (χ2v) is 8.42. The van der Waals surface area contributed by atoms with E-state index in [-0.39, 0.29) is 12.0 Å². The number of nitrogens with one attached hydrogen (secondary N) is 1. The first kappa shape index (κ1) is 19.9. The Morgan fingerprint density at radius 3 is 2.87 bits per heavy atom. The molecule has 1 aliphatic rings. The third-order valence-electron chi connectivity index (χ3n) is 5.43. The van der Waals surface area contributed by atoms with Gasteiger partial charge in [0.05, 0.1) is 22.9 Å². The van der Waals surface area contributed by atoms with Crippen molar-refractivity contribution in [2.24, 2.45) is 0 Å². The smallest absolute Gasteiger partial charge is 0.273 e. The third-order valence-corrected chi connectivity index (χ3v) is 5.96. The number of carbonyl (C=O) groups is 1. The van der Waals surface area contributed by atoms with E-state index in [0.717, 1.165) is 46.1 Å². The summed E-state index contributed by atoms with van der Waals surface area (Å²) in [5.41, 5.74) is 3.40. The molecule has 158 valence electrons. The topological polar surface area (TPSA) is 95.1 Å². The predicted octanol–water partition coefficient (Wildman–Crippen LogP) is 4.06. The maximum absolute atomic E-state index is 12.6. The van der Waals surface area contributed by atoms with E-state index in [0.29, 0.717) is 23.7 Å². The number of fused-ring (bicyclic) bond motifs is 1. The molecule has 31 heavy (non-hydrogen) atoms. The molecular formula is C22H20BrN5O3. The number of ether oxygens (including phenoxy) is 1. The van der Waals surface area contributed by atoms with Gasteiger partial charge in [-0.25, -0.2) is 4.68 Å². The zero-order chi connectivity index (χ0) is 21.4. The van der Waals surface area contributed by atoms with Gasteiger partial charge in [-0.15, -0.1) is 5.10 Å². The van der Waals surface area contributed by atoms with Gasteiger partial charge in [0, 0.05) is 23.2 Å². The van der Waals surface area contributed by atoms with Crippen LogP contribution in [0.2, 0.25) is 0 Å². The summed E-state index contributed by atoms with van der Waals surface area (Å²) in [7, 11) is 0. The third kappa shape index (κ3) is 3.86. The SMILES string of the molecule is Cc1c(C(=O)NC[C@H]2CCCO2)nnn1-c1ccc2noc(-c3ccc(Br)cc3)c2c1. The lowest BCUT2D eigenvalue weighted by Crippen LogP contribution is -2.32. The van der Waals surface area contributed by atoms with E-state index in [2.05, 4.69) is 36.7 Å². The Bertz CT molecular complexity index is 1240. The molecule has 2 aromatic heterocycles. The second kappa shape index (κ2) is 8.24. The summed E-state index contributed by atoms with van der Waals surface area (Å²) in [6, 6.07) is 13.5. The standard InChI is InChI=1S/C22H20BrN5O3/c1-13-20(22(29)24-12-17-3-2-10-30-17)25-27-28(13)16-8-9-19-18(11-16)21(31-26-19)14-4-6-15(23)7-5-14/h4-9,11,17H,2-3,10,12H2,1H3,(H,24,29)/t17-/m1/s1. The van der Waals surface area contributed by atoms with Gasteiger partial charge in [0.15, 0.2) is 11.5 Å². The molecule has 0 saturated carbocycles. The highest BCUT2D eigenvalue weighted by Crippen LogP contribution is 2.31. The van der Waals surface area contributed by atoms with Crippen molar-refractivity contribution in [2.45, 2.75) is 25.9 Å². The summed E-state index contributed by atoms with van der Waals surface area (Å²) in [5.74, 6) is 0.428. The fraction of sp³-hybridized carbons (Fsp3) is 0.273. The summed E-state index contributed by atoms with van der Waals surface area (Å²) in [6.07, 6.45) is 2.07. The number of rotatable bonds is 5. The van der Waals surface area contributed by atoms with Crippen LogP contribution < -0.4 is 5.32 Å². The minimum absolute atomic E-state index is 0.0762. The summed E-state index contributed by atoms with van der Waals surface area (Å²) < 4.78 is 13.8. The van der Waals surface area contributed by atoms with Gasteiger partial charge >= 0.3 is 0 Å². The number of aromatic nitrogens is 4. The second-order valence-electron chi connectivity index (χ2n) is 7.50. The molecule has 2 aromatic carbocycles. The van der Waals surface area contributed by atoms with Crippen LogP contribution in [-0.2, 0) is 4.74 Å². The summed E-state index contributed by atoms with van der Waals surface area (Å²) >= 11 is 3.45. The van der Waals surface area contributed by atoms with E-state index in [1.54, 1.807) is 4.68 Å². The minimum atomic E-state index is -0.249. The lowest BCUT2D eigenvalue weighted by molar-refractivity contribution is 0.0853. The van der Waals surface area contributed by atoms with Crippen molar-refractivity contribution in [1.82, 2.24) is 25.5 Å². The van der Waals surface area contributed by atoms with Crippen LogP contribution in [-0.4, -0.2) is 45.3 Å². The zero-order valence-corrected chi connectivity index (χ0v) is 18.4. The molecule has 1 atom stereocenters. The van der Waals surface area contributed by atoms with Gasteiger partial charge in [-0.2, -0.15) is 0 Å². The first-order chi connectivity index (χ1) is 15.1. The van der Waals surface area contributed by atoms with Crippen molar-refractivity contribution in [3.05, 3.63) is 58.3 Å². The van der Waals surface area contributed by atoms with Crippen molar-refractivity contribution in [3.63, 3.8) is 0 Å². The predicted molar refractivity (Wildman–Crippen MR) is 118 cm³/mol. The van der Waals surface area contributed by atoms with Crippen LogP contribution in [0.1, 0.15) is 29.0 Å². The number of nitrogens with zero attached hydrogens (tertiary/aromatic N) is 4. The number of hydrogen-bond donors (Lipinski definition) is 1. The van der Waals surface area contributed by atoms with E-state index >= 15 is 0 Å². The van der Waals surface area contributed by atoms with Crippen LogP contribution in [0.3, 0.4) is 0 Å². The molecule has 8 nitrogen and oxygen atoms in total. The van der Waals surface area contributed by atoms with Crippen LogP contribution >= 0.6 is 15.9 Å². The van der Waals surface area contributed by atoms with E-state index in [9.17, 15) is 4.79 Å². The summed E-state index contributed by atoms with van der Waals surface area (Å²) in [5, 5.41) is 16.2. The molecule has 9 heteroatoms. The molecule has 1 aliphatic heterocycles. The monoisotopic (exact) mass is 481 g/mol. The van der Waals surface area contributed by atoms with Gasteiger partial charge < -0.3 is 14.6 Å². The maximum atomic E-state index is 12.6. The summed E-state index contributed by atoms with van der Waals surface area (Å²) in [6.45, 7) is 3.06. The molecule has 3 heterocycles. The van der Waals surface area contributed by atoms with Crippen LogP contribution in [0.25, 0.3) is 27.9 Å². The molecule has 0 aliphatic carbocycles. The largest absolute Gasteiger partial charge is 0.376 e. The molecule has 5 rings (SSSR count). The van der Waals surface area contributed by atoms with Gasteiger partial charge in [0.1, 0.15) is 5.52 Å². The molecule has 1 fully saturated rings. The average molecular weight is 482 g/mol. The lowest BCUT2D eigenvalue weighted by Gasteiger charge is -2.10. The quantitative estimate of drug-likeness (QED) is 0.461. The van der Waals surface area contributed by atoms with E-state index in [1.807, 2.05) is 49.4 Å². The molecule has 0 bridgehead atoms. The first-order valence-corrected chi connectivity index (χ1v) is 10.9. The molecule has 4 aromatic rings. The zero-order valence-electron chi connectivity index (χ0n) is 16.8. The van der Waals surface area contributed by atoms with E-state index in [1.165, 1.54) is 0 Å². The Kier molecular flexibility index (Phi) is 5.29. The van der Waals surface area contributed by atoms with Gasteiger partial charge in [-0.1, -0.05) is 26.3 Å². The molecule has 1 amide bonds. The first-order valence-electron chi connectivity index (χ1n) is 10.1. The van der Waals surface area contributed by atoms with E-state index < -0.39 is 0 Å². The number of carbonyl (C=O) groups excluding carboxylic acids is 1. The van der Waals surface area contributed by atoms with Crippen LogP contribution in [0.5, 0.6) is 0 Å². The highest BCUT2D eigenvalue weighted by Gasteiger charge is 2.21. The van der Waals surface area contributed by atoms with Crippen LogP contribution in [0, 0.1) is 6.92 Å². The number of amides is 1. The van der Waals surface area contributed by atoms with Crippen molar-refractivity contribution in [2.75, 3.05) is 13.2 Å². The van der Waals surface area contributed by atoms with Gasteiger partial charge in [0.25, 0.3) is 5.91 Å². The number of benzene rings is 2. The summed E-state index contributed by atoms with van der Waals surface area (Å²) in [4.78, 5) is 12.6. The Morgan fingerprint density at radius 2 is 2.10 bits per heavy atom. The fourth-order valence-corrected chi connectivity index (χ4v) is 4.01. The van der Waals surface area contributed by atoms with Crippen molar-refractivity contribution < 1.29 is 14.1 Å². The Hall–Kier alpha value is -3.04. The Labute approximate surface area is 186 Å². The van der Waals surface area contributed by atoms with Crippen molar-refractivity contribution in [3.8, 4) is 17.0 Å². The molecular weight excluding hydrogens is 462 g/mol. The highest BCUT2D eigenvalue weighted by atomic mass is 79.9. The Balaban J connectivity index is 1.43. The van der Waals surface area contributed by atoms with Gasteiger partial charge in [-0.3, -0.25) is 4.79 Å². The lowest BCUT2D eigenvalue weighted by atomic mass is 10.1. The van der Waals surface area contributed by atoms with Crippen LogP contribution in [0.15, 0.2) is 51.5 Å². The minimum Gasteiger partial charge on any atom is -0.376 e. The fourth-order valence-electron chi connectivity index (χ4n) is 3.75. The highest BCUT2D eigenvalue weighted by molar-refractivity contribution is 9.10.